The Kier molecular flexibility index (Phi) is 6.95. The Morgan fingerprint density at radius 3 is 2.46 bits per heavy atom. The van der Waals surface area contributed by atoms with Crippen LogP contribution < -0.4 is 4.74 Å². The van der Waals surface area contributed by atoms with Crippen LogP contribution in [0.25, 0.3) is 55.0 Å². The van der Waals surface area contributed by atoms with Gasteiger partial charge >= 0.3 is 15.5 Å². The molecule has 0 aliphatic rings. The molecule has 0 aliphatic carbocycles. The minimum Gasteiger partial charge on any atom is -0.472 e. The molecule has 0 saturated heterocycles. The third-order valence-electron chi connectivity index (χ3n) is 7.62. The minimum atomic E-state index is -5.92. The highest BCUT2D eigenvalue weighted by molar-refractivity contribution is 7.98. The Morgan fingerprint density at radius 2 is 1.76 bits per heavy atom. The van der Waals surface area contributed by atoms with Gasteiger partial charge in [0.05, 0.1) is 22.3 Å². The van der Waals surface area contributed by atoms with E-state index in [2.05, 4.69) is 10.1 Å². The van der Waals surface area contributed by atoms with E-state index < -0.39 is 26.9 Å². The summed E-state index contributed by atoms with van der Waals surface area (Å²) in [4.78, 5) is 9.32. The number of nitrogens with zero attached hydrogens (tertiary/aromatic N) is 7. The molecule has 3 aromatic carbocycles. The number of aromatic nitrogens is 7. The Hall–Kier alpha value is -4.41. The third kappa shape index (κ3) is 4.41. The Labute approximate surface area is 266 Å². The highest BCUT2D eigenvalue weighted by Crippen LogP contribution is 2.46. The summed E-state index contributed by atoms with van der Waals surface area (Å²) in [6.07, 6.45) is 2.78. The molecular formula is C29H20ClF4N7O3S2. The topological polar surface area (TPSA) is 110 Å². The maximum Gasteiger partial charge on any atom is 0.518 e. The van der Waals surface area contributed by atoms with Gasteiger partial charge in [0, 0.05) is 30.4 Å². The zero-order valence-corrected chi connectivity index (χ0v) is 26.4. The van der Waals surface area contributed by atoms with Gasteiger partial charge in [-0.3, -0.25) is 4.68 Å². The monoisotopic (exact) mass is 689 g/mol. The van der Waals surface area contributed by atoms with Crippen molar-refractivity contribution in [2.45, 2.75) is 17.3 Å². The van der Waals surface area contributed by atoms with Crippen molar-refractivity contribution >= 4 is 77.1 Å². The van der Waals surface area contributed by atoms with Crippen LogP contribution in [0.5, 0.6) is 5.88 Å². The predicted octanol–water partition coefficient (Wildman–Crippen LogP) is 6.82. The van der Waals surface area contributed by atoms with Crippen LogP contribution in [0, 0.1) is 5.82 Å². The Morgan fingerprint density at radius 1 is 1.02 bits per heavy atom. The van der Waals surface area contributed by atoms with E-state index in [1.54, 1.807) is 18.7 Å². The number of thioether (sulfide) groups is 1. The number of fused-ring (bicyclic) bond motifs is 5. The first-order valence-corrected chi connectivity index (χ1v) is 16.4. The van der Waals surface area contributed by atoms with Gasteiger partial charge in [-0.25, -0.2) is 9.37 Å². The molecular weight excluding hydrogens is 670 g/mol. The standard InChI is InChI=1S/C29H20ClF4N7O3S2/c1-39-25-23(38-40(2)24(25)21-26(39)36-28(45-3)37-27(21)44-13-14-7-5-4-6-8-14)20-16-12-35-41(46(42,43)29(32,33)34)18(16)11-15-9-10-17(31)22(30)19(15)20/h4-12H,13H2,1-3H3. The second-order valence-electron chi connectivity index (χ2n) is 10.3. The minimum absolute atomic E-state index is 0.0467. The highest BCUT2D eigenvalue weighted by Gasteiger charge is 2.49. The van der Waals surface area contributed by atoms with Crippen molar-refractivity contribution in [2.24, 2.45) is 14.1 Å². The summed E-state index contributed by atoms with van der Waals surface area (Å²) in [6, 6.07) is 13.0. The van der Waals surface area contributed by atoms with E-state index in [0.717, 1.165) is 17.8 Å². The molecule has 0 amide bonds. The van der Waals surface area contributed by atoms with Gasteiger partial charge in [-0.05, 0) is 29.3 Å². The van der Waals surface area contributed by atoms with E-state index in [1.165, 1.54) is 28.6 Å². The van der Waals surface area contributed by atoms with Crippen molar-refractivity contribution in [3.63, 3.8) is 0 Å². The Balaban J connectivity index is 1.58. The summed E-state index contributed by atoms with van der Waals surface area (Å²) < 4.78 is 90.4. The van der Waals surface area contributed by atoms with Crippen LogP contribution in [0.4, 0.5) is 17.6 Å². The lowest BCUT2D eigenvalue weighted by atomic mass is 9.97. The normalized spacial score (nSPS) is 12.7. The van der Waals surface area contributed by atoms with Gasteiger partial charge in [0.15, 0.2) is 10.8 Å². The lowest BCUT2D eigenvalue weighted by Gasteiger charge is -2.13. The first kappa shape index (κ1) is 30.3. The van der Waals surface area contributed by atoms with Gasteiger partial charge in [-0.15, -0.1) is 4.09 Å². The van der Waals surface area contributed by atoms with E-state index in [4.69, 9.17) is 26.4 Å². The van der Waals surface area contributed by atoms with Crippen molar-refractivity contribution in [2.75, 3.05) is 6.26 Å². The maximum atomic E-state index is 15.0. The molecule has 0 saturated carbocycles. The summed E-state index contributed by atoms with van der Waals surface area (Å²) in [5.74, 6) is -0.518. The zero-order chi connectivity index (χ0) is 32.7. The van der Waals surface area contributed by atoms with Crippen LogP contribution in [-0.4, -0.2) is 53.7 Å². The number of hydrogen-bond donors (Lipinski definition) is 0. The van der Waals surface area contributed by atoms with Crippen LogP contribution in [0.15, 0.2) is 59.9 Å². The number of halogens is 5. The molecule has 0 spiro atoms. The number of ether oxygens (including phenoxy) is 1. The van der Waals surface area contributed by atoms with Crippen molar-refractivity contribution < 1.29 is 30.7 Å². The molecule has 0 N–H and O–H groups in total. The van der Waals surface area contributed by atoms with Crippen molar-refractivity contribution in [1.29, 1.82) is 0 Å². The largest absolute Gasteiger partial charge is 0.518 e. The van der Waals surface area contributed by atoms with Crippen molar-refractivity contribution in [3.05, 3.63) is 71.1 Å². The smallest absolute Gasteiger partial charge is 0.472 e. The molecule has 4 heterocycles. The van der Waals surface area contributed by atoms with Crippen LogP contribution in [0.1, 0.15) is 5.56 Å². The summed E-state index contributed by atoms with van der Waals surface area (Å²) in [6.45, 7) is 0.202. The van der Waals surface area contributed by atoms with Crippen LogP contribution in [0.2, 0.25) is 5.02 Å². The van der Waals surface area contributed by atoms with Crippen LogP contribution >= 0.6 is 23.4 Å². The van der Waals surface area contributed by atoms with E-state index in [9.17, 15) is 26.0 Å². The average molecular weight is 690 g/mol. The van der Waals surface area contributed by atoms with E-state index in [-0.39, 0.29) is 49.0 Å². The number of alkyl halides is 3. The van der Waals surface area contributed by atoms with Gasteiger partial charge < -0.3 is 9.30 Å². The first-order chi connectivity index (χ1) is 21.8. The second kappa shape index (κ2) is 10.6. The van der Waals surface area contributed by atoms with Gasteiger partial charge in [0.2, 0.25) is 5.88 Å². The summed E-state index contributed by atoms with van der Waals surface area (Å²) in [5.41, 5.74) is -3.46. The Bertz CT molecular complexity index is 2480. The molecule has 0 bridgehead atoms. The molecule has 0 unspecified atom stereocenters. The summed E-state index contributed by atoms with van der Waals surface area (Å²) >= 11 is 7.81. The van der Waals surface area contributed by atoms with E-state index in [1.807, 2.05) is 36.6 Å². The van der Waals surface area contributed by atoms with Crippen molar-refractivity contribution in [1.82, 2.24) is 33.5 Å². The van der Waals surface area contributed by atoms with Crippen LogP contribution in [-0.2, 0) is 30.7 Å². The zero-order valence-electron chi connectivity index (χ0n) is 24.0. The molecule has 4 aromatic heterocycles. The summed E-state index contributed by atoms with van der Waals surface area (Å²) in [7, 11) is -2.56. The fourth-order valence-corrected chi connectivity index (χ4v) is 6.99. The fraction of sp³-hybridized carbons (Fsp3) is 0.172. The van der Waals surface area contributed by atoms with Gasteiger partial charge in [-0.2, -0.15) is 36.8 Å². The molecule has 0 radical (unpaired) electrons. The lowest BCUT2D eigenvalue weighted by molar-refractivity contribution is -0.0448. The molecule has 7 aromatic rings. The van der Waals surface area contributed by atoms with Gasteiger partial charge in [0.1, 0.15) is 29.0 Å². The SMILES string of the molecule is CSc1nc(OCc2ccccc2)c2c3c(c(-c4c5cnn(S(=O)(=O)C(F)(F)F)c5cc5ccc(F)c(Cl)c45)nn3C)n(C)c2n1. The highest BCUT2D eigenvalue weighted by atomic mass is 35.5. The van der Waals surface area contributed by atoms with Crippen molar-refractivity contribution in [3.8, 4) is 17.1 Å². The maximum absolute atomic E-state index is 15.0. The summed E-state index contributed by atoms with van der Waals surface area (Å²) in [5, 5.41) is 9.18. The fourth-order valence-electron chi connectivity index (χ4n) is 5.59. The molecule has 0 fully saturated rings. The number of rotatable bonds is 6. The second-order valence-corrected chi connectivity index (χ2v) is 13.2. The molecule has 7 rings (SSSR count). The molecule has 17 heteroatoms. The first-order valence-electron chi connectivity index (χ1n) is 13.4. The van der Waals surface area contributed by atoms with E-state index in [0.29, 0.717) is 27.2 Å². The van der Waals surface area contributed by atoms with Gasteiger partial charge in [0.25, 0.3) is 0 Å². The number of hydrogen-bond acceptors (Lipinski definition) is 8. The molecule has 10 nitrogen and oxygen atoms in total. The number of benzene rings is 3. The molecule has 46 heavy (non-hydrogen) atoms. The average Bonchev–Trinajstić information content (AvgIpc) is 3.69. The quantitative estimate of drug-likeness (QED) is 0.106. The molecule has 236 valence electrons. The predicted molar refractivity (Wildman–Crippen MR) is 167 cm³/mol. The molecule has 0 aliphatic heterocycles. The lowest BCUT2D eigenvalue weighted by Crippen LogP contribution is -2.30. The number of aryl methyl sites for hydroxylation is 2. The van der Waals surface area contributed by atoms with Crippen LogP contribution in [0.3, 0.4) is 0 Å². The van der Waals surface area contributed by atoms with E-state index >= 15 is 0 Å². The van der Waals surface area contributed by atoms with Gasteiger partial charge in [-0.1, -0.05) is 59.8 Å². The third-order valence-corrected chi connectivity index (χ3v) is 9.87. The molecule has 0 atom stereocenters.